The van der Waals surface area contributed by atoms with Crippen molar-refractivity contribution in [1.82, 2.24) is 0 Å². The van der Waals surface area contributed by atoms with Gasteiger partial charge in [-0.1, -0.05) is 24.0 Å². The summed E-state index contributed by atoms with van der Waals surface area (Å²) in [6.07, 6.45) is 0. The van der Waals surface area contributed by atoms with Crippen molar-refractivity contribution in [2.45, 2.75) is 6.61 Å². The van der Waals surface area contributed by atoms with Crippen molar-refractivity contribution < 1.29 is 9.66 Å². The van der Waals surface area contributed by atoms with E-state index in [0.29, 0.717) is 18.9 Å². The number of hydrogen-bond donors (Lipinski definition) is 1. The van der Waals surface area contributed by atoms with Crippen molar-refractivity contribution >= 4 is 5.69 Å². The molecule has 2 aromatic carbocycles. The molecule has 0 bridgehead atoms. The van der Waals surface area contributed by atoms with Gasteiger partial charge in [0.25, 0.3) is 5.69 Å². The first kappa shape index (κ1) is 14.6. The fourth-order valence-electron chi connectivity index (χ4n) is 1.67. The predicted molar refractivity (Wildman–Crippen MR) is 79.8 cm³/mol. The van der Waals surface area contributed by atoms with Crippen molar-refractivity contribution in [2.24, 2.45) is 5.73 Å². The van der Waals surface area contributed by atoms with E-state index in [0.717, 1.165) is 11.1 Å². The third kappa shape index (κ3) is 4.34. The van der Waals surface area contributed by atoms with Crippen LogP contribution in [0.3, 0.4) is 0 Å². The number of nitro benzene ring substituents is 1. The van der Waals surface area contributed by atoms with Gasteiger partial charge in [-0.3, -0.25) is 10.1 Å². The highest BCUT2D eigenvalue weighted by Crippen LogP contribution is 2.18. The van der Waals surface area contributed by atoms with Crippen LogP contribution in [0, 0.1) is 22.0 Å². The maximum absolute atomic E-state index is 10.5. The lowest BCUT2D eigenvalue weighted by atomic mass is 10.1. The smallest absolute Gasteiger partial charge is 0.269 e. The second-order valence-electron chi connectivity index (χ2n) is 4.24. The third-order valence-electron chi connectivity index (χ3n) is 2.74. The number of nitrogens with two attached hydrogens (primary N) is 1. The summed E-state index contributed by atoms with van der Waals surface area (Å²) in [5, 5.41) is 10.5. The topological polar surface area (TPSA) is 78.4 Å². The summed E-state index contributed by atoms with van der Waals surface area (Å²) < 4.78 is 5.57. The summed E-state index contributed by atoms with van der Waals surface area (Å²) in [5.74, 6) is 6.32. The van der Waals surface area contributed by atoms with Crippen LogP contribution in [0.5, 0.6) is 5.75 Å². The number of nitrogens with zero attached hydrogens (tertiary/aromatic N) is 1. The highest BCUT2D eigenvalue weighted by Gasteiger charge is 2.04. The Bertz CT molecular complexity index is 667. The number of benzene rings is 2. The van der Waals surface area contributed by atoms with Crippen LogP contribution in [-0.2, 0) is 6.61 Å². The molecule has 106 valence electrons. The Morgan fingerprint density at radius 1 is 1.10 bits per heavy atom. The summed E-state index contributed by atoms with van der Waals surface area (Å²) in [7, 11) is 0. The van der Waals surface area contributed by atoms with Gasteiger partial charge in [0.1, 0.15) is 12.4 Å². The molecular formula is C16H14N2O3. The molecule has 2 N–H and O–H groups in total. The third-order valence-corrected chi connectivity index (χ3v) is 2.74. The van der Waals surface area contributed by atoms with Crippen LogP contribution in [0.25, 0.3) is 0 Å². The number of non-ortho nitro benzene ring substituents is 1. The number of rotatable bonds is 4. The monoisotopic (exact) mass is 282 g/mol. The van der Waals surface area contributed by atoms with Gasteiger partial charge < -0.3 is 10.5 Å². The van der Waals surface area contributed by atoms with Gasteiger partial charge in [-0.2, -0.15) is 0 Å². The van der Waals surface area contributed by atoms with Gasteiger partial charge in [0.05, 0.1) is 11.5 Å². The molecule has 0 spiro atoms. The van der Waals surface area contributed by atoms with E-state index in [9.17, 15) is 10.1 Å². The van der Waals surface area contributed by atoms with Crippen LogP contribution in [0.2, 0.25) is 0 Å². The van der Waals surface area contributed by atoms with Crippen LogP contribution in [0.4, 0.5) is 5.69 Å². The van der Waals surface area contributed by atoms with E-state index >= 15 is 0 Å². The van der Waals surface area contributed by atoms with Crippen LogP contribution in [0.1, 0.15) is 11.1 Å². The molecule has 0 amide bonds. The summed E-state index contributed by atoms with van der Waals surface area (Å²) in [5.41, 5.74) is 7.25. The highest BCUT2D eigenvalue weighted by molar-refractivity contribution is 5.37. The standard InChI is InChI=1S/C16H14N2O3/c17-11-1-2-13-3-5-14(6-4-13)12-21-16-9-7-15(8-10-16)18(19)20/h3-10H,11-12,17H2. The Balaban J connectivity index is 1.94. The van der Waals surface area contributed by atoms with Crippen molar-refractivity contribution in [3.8, 4) is 17.6 Å². The lowest BCUT2D eigenvalue weighted by Crippen LogP contribution is -1.96. The van der Waals surface area contributed by atoms with Gasteiger partial charge in [0, 0.05) is 17.7 Å². The lowest BCUT2D eigenvalue weighted by Gasteiger charge is -2.06. The Kier molecular flexibility index (Phi) is 4.91. The minimum Gasteiger partial charge on any atom is -0.489 e. The summed E-state index contributed by atoms with van der Waals surface area (Å²) in [6, 6.07) is 13.6. The fourth-order valence-corrected chi connectivity index (χ4v) is 1.67. The molecule has 0 atom stereocenters. The SMILES string of the molecule is NCC#Cc1ccc(COc2ccc([N+](=O)[O-])cc2)cc1. The van der Waals surface area contributed by atoms with E-state index in [1.165, 1.54) is 12.1 Å². The van der Waals surface area contributed by atoms with Crippen molar-refractivity contribution in [2.75, 3.05) is 6.54 Å². The van der Waals surface area contributed by atoms with Gasteiger partial charge in [-0.15, -0.1) is 0 Å². The minimum absolute atomic E-state index is 0.0465. The first-order valence-corrected chi connectivity index (χ1v) is 6.34. The van der Waals surface area contributed by atoms with Crippen molar-refractivity contribution in [3.63, 3.8) is 0 Å². The first-order valence-electron chi connectivity index (χ1n) is 6.34. The summed E-state index contributed by atoms with van der Waals surface area (Å²) >= 11 is 0. The van der Waals surface area contributed by atoms with Gasteiger partial charge in [-0.25, -0.2) is 0 Å². The van der Waals surface area contributed by atoms with Gasteiger partial charge in [0.15, 0.2) is 0 Å². The second kappa shape index (κ2) is 7.08. The molecule has 0 aliphatic rings. The predicted octanol–water partition coefficient (Wildman–Crippen LogP) is 2.48. The molecule has 5 heteroatoms. The van der Waals surface area contributed by atoms with Gasteiger partial charge in [-0.05, 0) is 29.8 Å². The van der Waals surface area contributed by atoms with Crippen LogP contribution >= 0.6 is 0 Å². The van der Waals surface area contributed by atoms with Crippen molar-refractivity contribution in [3.05, 3.63) is 69.8 Å². The summed E-state index contributed by atoms with van der Waals surface area (Å²) in [6.45, 7) is 0.730. The quantitative estimate of drug-likeness (QED) is 0.531. The number of hydrogen-bond acceptors (Lipinski definition) is 4. The van der Waals surface area contributed by atoms with E-state index in [-0.39, 0.29) is 5.69 Å². The van der Waals surface area contributed by atoms with E-state index in [4.69, 9.17) is 10.5 Å². The molecule has 0 radical (unpaired) electrons. The molecule has 0 aliphatic heterocycles. The van der Waals surface area contributed by atoms with Gasteiger partial charge >= 0.3 is 0 Å². The second-order valence-corrected chi connectivity index (χ2v) is 4.24. The number of nitro groups is 1. The zero-order valence-corrected chi connectivity index (χ0v) is 11.3. The lowest BCUT2D eigenvalue weighted by molar-refractivity contribution is -0.384. The Morgan fingerprint density at radius 3 is 2.33 bits per heavy atom. The normalized spacial score (nSPS) is 9.57. The molecular weight excluding hydrogens is 268 g/mol. The molecule has 0 saturated heterocycles. The molecule has 2 rings (SSSR count). The van der Waals surface area contributed by atoms with Gasteiger partial charge in [0.2, 0.25) is 0 Å². The maximum Gasteiger partial charge on any atom is 0.269 e. The molecule has 0 saturated carbocycles. The average molecular weight is 282 g/mol. The van der Waals surface area contributed by atoms with Crippen LogP contribution < -0.4 is 10.5 Å². The Hall–Kier alpha value is -2.84. The number of ether oxygens (including phenoxy) is 1. The largest absolute Gasteiger partial charge is 0.489 e. The molecule has 5 nitrogen and oxygen atoms in total. The average Bonchev–Trinajstić information content (AvgIpc) is 2.52. The zero-order valence-electron chi connectivity index (χ0n) is 11.3. The molecule has 0 heterocycles. The van der Waals surface area contributed by atoms with Crippen molar-refractivity contribution in [1.29, 1.82) is 0 Å². The van der Waals surface area contributed by atoms with E-state index in [2.05, 4.69) is 11.8 Å². The van der Waals surface area contributed by atoms with Crippen LogP contribution in [0.15, 0.2) is 48.5 Å². The Morgan fingerprint density at radius 2 is 1.76 bits per heavy atom. The minimum atomic E-state index is -0.440. The van der Waals surface area contributed by atoms with E-state index in [1.54, 1.807) is 12.1 Å². The first-order chi connectivity index (χ1) is 10.2. The maximum atomic E-state index is 10.5. The molecule has 0 aromatic heterocycles. The van der Waals surface area contributed by atoms with E-state index < -0.39 is 4.92 Å². The molecule has 0 aliphatic carbocycles. The molecule has 0 unspecified atom stereocenters. The molecule has 0 fully saturated rings. The zero-order chi connectivity index (χ0) is 15.1. The highest BCUT2D eigenvalue weighted by atomic mass is 16.6. The summed E-state index contributed by atoms with van der Waals surface area (Å²) in [4.78, 5) is 10.1. The molecule has 21 heavy (non-hydrogen) atoms. The van der Waals surface area contributed by atoms with E-state index in [1.807, 2.05) is 24.3 Å². The fraction of sp³-hybridized carbons (Fsp3) is 0.125. The Labute approximate surface area is 122 Å². The molecule has 2 aromatic rings. The van der Waals surface area contributed by atoms with Crippen LogP contribution in [-0.4, -0.2) is 11.5 Å².